The average Bonchev–Trinajstić information content (AvgIpc) is 3.17. The van der Waals surface area contributed by atoms with Crippen LogP contribution in [0.2, 0.25) is 0 Å². The van der Waals surface area contributed by atoms with E-state index in [2.05, 4.69) is 17.3 Å². The fourth-order valence-electron chi connectivity index (χ4n) is 4.78. The molecule has 156 valence electrons. The van der Waals surface area contributed by atoms with Gasteiger partial charge in [0.2, 0.25) is 5.91 Å². The van der Waals surface area contributed by atoms with Gasteiger partial charge in [0.15, 0.2) is 0 Å². The van der Waals surface area contributed by atoms with Crippen molar-refractivity contribution in [1.82, 2.24) is 9.96 Å². The first kappa shape index (κ1) is 19.3. The Morgan fingerprint density at radius 2 is 1.73 bits per heavy atom. The van der Waals surface area contributed by atoms with Crippen LogP contribution in [0.5, 0.6) is 0 Å². The molecule has 2 aromatic rings. The van der Waals surface area contributed by atoms with Gasteiger partial charge in [-0.15, -0.1) is 0 Å². The first-order chi connectivity index (χ1) is 14.8. The maximum absolute atomic E-state index is 13.3. The molecule has 5 rings (SSSR count). The zero-order valence-electron chi connectivity index (χ0n) is 17.0. The van der Waals surface area contributed by atoms with Gasteiger partial charge in [0.05, 0.1) is 5.71 Å². The Balaban J connectivity index is 1.27. The van der Waals surface area contributed by atoms with Crippen LogP contribution in [-0.4, -0.2) is 46.8 Å². The number of hydrogen-bond donors (Lipinski definition) is 0. The Morgan fingerprint density at radius 3 is 2.50 bits per heavy atom. The lowest BCUT2D eigenvalue weighted by Crippen LogP contribution is -2.55. The third-order valence-corrected chi connectivity index (χ3v) is 6.28. The van der Waals surface area contributed by atoms with Crippen molar-refractivity contribution in [2.75, 3.05) is 13.1 Å². The highest BCUT2D eigenvalue weighted by molar-refractivity contribution is 5.92. The molecule has 2 aromatic carbocycles. The van der Waals surface area contributed by atoms with Crippen molar-refractivity contribution in [2.24, 2.45) is 11.1 Å². The van der Waals surface area contributed by atoms with E-state index in [0.717, 1.165) is 42.6 Å². The van der Waals surface area contributed by atoms with Gasteiger partial charge in [0.1, 0.15) is 18.8 Å². The second-order valence-electron chi connectivity index (χ2n) is 8.25. The summed E-state index contributed by atoms with van der Waals surface area (Å²) in [6.07, 6.45) is 2.70. The highest BCUT2D eigenvalue weighted by Crippen LogP contribution is 2.39. The summed E-state index contributed by atoms with van der Waals surface area (Å²) >= 11 is 0. The zero-order chi connectivity index (χ0) is 20.3. The molecule has 0 radical (unpaired) electrons. The summed E-state index contributed by atoms with van der Waals surface area (Å²) in [4.78, 5) is 27.1. The van der Waals surface area contributed by atoms with Gasteiger partial charge in [-0.25, -0.2) is 0 Å². The molecule has 0 N–H and O–H groups in total. The van der Waals surface area contributed by atoms with Crippen LogP contribution in [0.1, 0.15) is 30.4 Å². The Bertz CT molecular complexity index is 902. The Labute approximate surface area is 177 Å². The molecule has 30 heavy (non-hydrogen) atoms. The number of carbonyl (C=O) groups excluding carboxylic acids is 1. The van der Waals surface area contributed by atoms with Crippen LogP contribution in [0.25, 0.3) is 0 Å². The Kier molecular flexibility index (Phi) is 5.51. The molecule has 3 fully saturated rings. The van der Waals surface area contributed by atoms with Crippen molar-refractivity contribution in [3.8, 4) is 0 Å². The van der Waals surface area contributed by atoms with Crippen LogP contribution in [0.3, 0.4) is 0 Å². The fourth-order valence-corrected chi connectivity index (χ4v) is 4.78. The summed E-state index contributed by atoms with van der Waals surface area (Å²) in [6, 6.07) is 20.0. The standard InChI is InChI=1S/C24H27N3O3/c28-24-22-20-12-7-13-21(25-29-17-19-10-5-2-6-11-19)23(20)30-27(22)15-14-26(24)16-18-8-3-1-4-9-18/h1-6,8-11,20,22-23H,7,12-17H2/b25-21+/t20-,22+,23+/m1/s1. The molecule has 0 spiro atoms. The maximum Gasteiger partial charge on any atom is 0.243 e. The topological polar surface area (TPSA) is 54.4 Å². The predicted molar refractivity (Wildman–Crippen MR) is 113 cm³/mol. The van der Waals surface area contributed by atoms with Crippen LogP contribution in [0.4, 0.5) is 0 Å². The molecule has 0 bridgehead atoms. The lowest BCUT2D eigenvalue weighted by Gasteiger charge is -2.37. The highest BCUT2D eigenvalue weighted by atomic mass is 16.7. The molecule has 6 heteroatoms. The SMILES string of the molecule is O=C1[C@@H]2[C@H]3CCC/C(=N\OCc4ccccc4)[C@H]3ON2CCN1Cc1ccccc1. The van der Waals surface area contributed by atoms with Gasteiger partial charge in [0.25, 0.3) is 0 Å². The number of fused-ring (bicyclic) bond motifs is 3. The minimum atomic E-state index is -0.216. The first-order valence-electron chi connectivity index (χ1n) is 10.8. The molecule has 1 amide bonds. The predicted octanol–water partition coefficient (Wildman–Crippen LogP) is 3.39. The normalized spacial score (nSPS) is 27.7. The lowest BCUT2D eigenvalue weighted by molar-refractivity contribution is -0.181. The minimum absolute atomic E-state index is 0.142. The van der Waals surface area contributed by atoms with E-state index in [1.165, 1.54) is 0 Å². The summed E-state index contributed by atoms with van der Waals surface area (Å²) in [5, 5.41) is 6.33. The van der Waals surface area contributed by atoms with Crippen molar-refractivity contribution in [3.63, 3.8) is 0 Å². The van der Waals surface area contributed by atoms with E-state index in [1.54, 1.807) is 0 Å². The van der Waals surface area contributed by atoms with Crippen molar-refractivity contribution >= 4 is 11.6 Å². The van der Waals surface area contributed by atoms with Crippen LogP contribution in [0, 0.1) is 5.92 Å². The van der Waals surface area contributed by atoms with E-state index in [4.69, 9.17) is 9.68 Å². The summed E-state index contributed by atoms with van der Waals surface area (Å²) in [7, 11) is 0. The largest absolute Gasteiger partial charge is 0.391 e. The molecule has 1 saturated carbocycles. The van der Waals surface area contributed by atoms with E-state index in [-0.39, 0.29) is 24.0 Å². The molecule has 2 aliphatic heterocycles. The van der Waals surface area contributed by atoms with Gasteiger partial charge in [-0.05, 0) is 30.4 Å². The van der Waals surface area contributed by atoms with Gasteiger partial charge in [0, 0.05) is 25.6 Å². The van der Waals surface area contributed by atoms with Crippen molar-refractivity contribution in [2.45, 2.75) is 44.6 Å². The maximum atomic E-state index is 13.3. The average molecular weight is 405 g/mol. The number of nitrogens with zero attached hydrogens (tertiary/aromatic N) is 3. The van der Waals surface area contributed by atoms with Crippen LogP contribution < -0.4 is 0 Å². The monoisotopic (exact) mass is 405 g/mol. The highest BCUT2D eigenvalue weighted by Gasteiger charge is 2.53. The smallest absolute Gasteiger partial charge is 0.243 e. The van der Waals surface area contributed by atoms with Gasteiger partial charge in [-0.1, -0.05) is 65.8 Å². The third-order valence-electron chi connectivity index (χ3n) is 6.28. The lowest BCUT2D eigenvalue weighted by atomic mass is 9.80. The summed E-state index contributed by atoms with van der Waals surface area (Å²) in [5.41, 5.74) is 3.18. The van der Waals surface area contributed by atoms with Crippen molar-refractivity contribution in [3.05, 3.63) is 71.8 Å². The molecule has 1 aliphatic carbocycles. The second kappa shape index (κ2) is 8.58. The van der Waals surface area contributed by atoms with Gasteiger partial charge >= 0.3 is 0 Å². The van der Waals surface area contributed by atoms with E-state index >= 15 is 0 Å². The quantitative estimate of drug-likeness (QED) is 0.716. The Morgan fingerprint density at radius 1 is 1.00 bits per heavy atom. The number of rotatable bonds is 5. The fraction of sp³-hybridized carbons (Fsp3) is 0.417. The van der Waals surface area contributed by atoms with Crippen LogP contribution >= 0.6 is 0 Å². The molecule has 3 atom stereocenters. The molecule has 3 aliphatic rings. The third kappa shape index (κ3) is 3.85. The summed E-state index contributed by atoms with van der Waals surface area (Å²) < 4.78 is 0. The van der Waals surface area contributed by atoms with Gasteiger partial charge in [-0.2, -0.15) is 5.06 Å². The van der Waals surface area contributed by atoms with Crippen LogP contribution in [0.15, 0.2) is 65.8 Å². The summed E-state index contributed by atoms with van der Waals surface area (Å²) in [6.45, 7) is 2.51. The van der Waals surface area contributed by atoms with Crippen molar-refractivity contribution < 1.29 is 14.5 Å². The van der Waals surface area contributed by atoms with Gasteiger partial charge in [-0.3, -0.25) is 9.63 Å². The van der Waals surface area contributed by atoms with E-state index in [1.807, 2.05) is 58.5 Å². The number of carbonyl (C=O) groups is 1. The second-order valence-corrected chi connectivity index (χ2v) is 8.25. The number of hydrogen-bond acceptors (Lipinski definition) is 5. The number of oxime groups is 1. The van der Waals surface area contributed by atoms with E-state index in [9.17, 15) is 4.79 Å². The molecular weight excluding hydrogens is 378 g/mol. The summed E-state index contributed by atoms with van der Waals surface area (Å²) in [5.74, 6) is 0.313. The first-order valence-corrected chi connectivity index (χ1v) is 10.8. The van der Waals surface area contributed by atoms with Crippen LogP contribution in [-0.2, 0) is 27.6 Å². The van der Waals surface area contributed by atoms with E-state index < -0.39 is 0 Å². The van der Waals surface area contributed by atoms with Crippen molar-refractivity contribution in [1.29, 1.82) is 0 Å². The van der Waals surface area contributed by atoms with Gasteiger partial charge < -0.3 is 9.74 Å². The molecular formula is C24H27N3O3. The number of amides is 1. The van der Waals surface area contributed by atoms with E-state index in [0.29, 0.717) is 19.7 Å². The molecule has 0 aromatic heterocycles. The minimum Gasteiger partial charge on any atom is -0.391 e. The number of hydroxylamine groups is 2. The number of benzene rings is 2. The number of piperazine rings is 1. The molecule has 2 heterocycles. The molecule has 6 nitrogen and oxygen atoms in total. The zero-order valence-corrected chi connectivity index (χ0v) is 17.0. The molecule has 2 saturated heterocycles. The Hall–Kier alpha value is -2.70. The molecule has 0 unspecified atom stereocenters.